The Morgan fingerprint density at radius 1 is 1.47 bits per heavy atom. The standard InChI is InChI=1S/C15H27NO2S/c1-17-10-8-16-7-3-2-4-14-5-9-18-15(12-14)6-11-19-13-15/h2,4,14,16H,3,5-13H2,1H3. The molecule has 2 unspecified atom stereocenters. The van der Waals surface area contributed by atoms with Crippen LogP contribution in [0, 0.1) is 5.92 Å². The SMILES string of the molecule is COCCNCCC=CC1CCOC2(CCSC2)C1. The molecule has 2 saturated heterocycles. The highest BCUT2D eigenvalue weighted by atomic mass is 32.2. The van der Waals surface area contributed by atoms with Gasteiger partial charge in [0, 0.05) is 26.0 Å². The number of ether oxygens (including phenoxy) is 2. The van der Waals surface area contributed by atoms with Crippen molar-refractivity contribution in [1.29, 1.82) is 0 Å². The van der Waals surface area contributed by atoms with Crippen molar-refractivity contribution < 1.29 is 9.47 Å². The van der Waals surface area contributed by atoms with Crippen molar-refractivity contribution in [3.05, 3.63) is 12.2 Å². The van der Waals surface area contributed by atoms with Gasteiger partial charge in [0.25, 0.3) is 0 Å². The minimum atomic E-state index is 0.217. The normalized spacial score (nSPS) is 31.5. The summed E-state index contributed by atoms with van der Waals surface area (Å²) in [6.07, 6.45) is 9.55. The first-order valence-electron chi connectivity index (χ1n) is 7.43. The highest BCUT2D eigenvalue weighted by molar-refractivity contribution is 7.99. The van der Waals surface area contributed by atoms with Crippen LogP contribution in [0.25, 0.3) is 0 Å². The van der Waals surface area contributed by atoms with E-state index >= 15 is 0 Å². The molecule has 2 aliphatic heterocycles. The van der Waals surface area contributed by atoms with Gasteiger partial charge in [-0.15, -0.1) is 0 Å². The molecular formula is C15H27NO2S. The van der Waals surface area contributed by atoms with E-state index in [2.05, 4.69) is 29.2 Å². The number of rotatable bonds is 7. The van der Waals surface area contributed by atoms with Gasteiger partial charge >= 0.3 is 0 Å². The van der Waals surface area contributed by atoms with Gasteiger partial charge in [-0.05, 0) is 43.9 Å². The van der Waals surface area contributed by atoms with Crippen LogP contribution in [-0.4, -0.2) is 50.5 Å². The monoisotopic (exact) mass is 285 g/mol. The van der Waals surface area contributed by atoms with E-state index in [4.69, 9.17) is 9.47 Å². The van der Waals surface area contributed by atoms with Gasteiger partial charge in [-0.1, -0.05) is 12.2 Å². The summed E-state index contributed by atoms with van der Waals surface area (Å²) in [6.45, 7) is 3.73. The van der Waals surface area contributed by atoms with Gasteiger partial charge in [-0.25, -0.2) is 0 Å². The number of hydrogen-bond acceptors (Lipinski definition) is 4. The van der Waals surface area contributed by atoms with Crippen molar-refractivity contribution in [2.75, 3.05) is 44.9 Å². The van der Waals surface area contributed by atoms with Crippen molar-refractivity contribution in [2.24, 2.45) is 5.92 Å². The second-order valence-electron chi connectivity index (χ2n) is 5.55. The zero-order chi connectivity index (χ0) is 13.4. The van der Waals surface area contributed by atoms with Gasteiger partial charge in [0.05, 0.1) is 12.2 Å². The first-order valence-corrected chi connectivity index (χ1v) is 8.58. The van der Waals surface area contributed by atoms with E-state index in [0.717, 1.165) is 38.6 Å². The summed E-state index contributed by atoms with van der Waals surface area (Å²) in [4.78, 5) is 0. The molecule has 3 nitrogen and oxygen atoms in total. The quantitative estimate of drug-likeness (QED) is 0.575. The van der Waals surface area contributed by atoms with E-state index in [0.29, 0.717) is 0 Å². The van der Waals surface area contributed by atoms with Gasteiger partial charge < -0.3 is 14.8 Å². The van der Waals surface area contributed by atoms with Crippen molar-refractivity contribution >= 4 is 11.8 Å². The maximum absolute atomic E-state index is 6.05. The molecule has 0 saturated carbocycles. The van der Waals surface area contributed by atoms with E-state index in [1.165, 1.54) is 30.8 Å². The summed E-state index contributed by atoms with van der Waals surface area (Å²) < 4.78 is 11.0. The van der Waals surface area contributed by atoms with Crippen LogP contribution in [0.4, 0.5) is 0 Å². The minimum Gasteiger partial charge on any atom is -0.383 e. The van der Waals surface area contributed by atoms with Crippen LogP contribution >= 0.6 is 11.8 Å². The fourth-order valence-corrected chi connectivity index (χ4v) is 4.24. The number of hydrogen-bond donors (Lipinski definition) is 1. The highest BCUT2D eigenvalue weighted by Gasteiger charge is 2.39. The lowest BCUT2D eigenvalue weighted by atomic mass is 9.85. The first-order chi connectivity index (χ1) is 9.35. The maximum Gasteiger partial charge on any atom is 0.0785 e. The lowest BCUT2D eigenvalue weighted by molar-refractivity contribution is -0.0718. The highest BCUT2D eigenvalue weighted by Crippen LogP contribution is 2.40. The van der Waals surface area contributed by atoms with Crippen molar-refractivity contribution in [3.8, 4) is 0 Å². The van der Waals surface area contributed by atoms with Gasteiger partial charge in [-0.2, -0.15) is 11.8 Å². The van der Waals surface area contributed by atoms with Crippen LogP contribution in [0.15, 0.2) is 12.2 Å². The Balaban J connectivity index is 1.62. The van der Waals surface area contributed by atoms with E-state index < -0.39 is 0 Å². The van der Waals surface area contributed by atoms with E-state index in [9.17, 15) is 0 Å². The number of nitrogens with one attached hydrogen (secondary N) is 1. The molecule has 0 aliphatic carbocycles. The molecule has 19 heavy (non-hydrogen) atoms. The molecule has 2 aliphatic rings. The Hall–Kier alpha value is -0.0300. The van der Waals surface area contributed by atoms with Gasteiger partial charge in [0.1, 0.15) is 0 Å². The van der Waals surface area contributed by atoms with Crippen molar-refractivity contribution in [2.45, 2.75) is 31.3 Å². The van der Waals surface area contributed by atoms with E-state index in [1.54, 1.807) is 7.11 Å². The first kappa shape index (κ1) is 15.4. The van der Waals surface area contributed by atoms with Crippen LogP contribution < -0.4 is 5.32 Å². The molecule has 2 heterocycles. The zero-order valence-electron chi connectivity index (χ0n) is 12.0. The predicted octanol–water partition coefficient (Wildman–Crippen LogP) is 2.47. The maximum atomic E-state index is 6.05. The summed E-state index contributed by atoms with van der Waals surface area (Å²) in [5.41, 5.74) is 0.217. The summed E-state index contributed by atoms with van der Waals surface area (Å²) >= 11 is 2.05. The summed E-state index contributed by atoms with van der Waals surface area (Å²) in [6, 6.07) is 0. The topological polar surface area (TPSA) is 30.5 Å². The lowest BCUT2D eigenvalue weighted by Crippen LogP contribution is -2.39. The summed E-state index contributed by atoms with van der Waals surface area (Å²) in [5, 5.41) is 3.37. The van der Waals surface area contributed by atoms with Crippen LogP contribution in [0.3, 0.4) is 0 Å². The largest absolute Gasteiger partial charge is 0.383 e. The second kappa shape index (κ2) is 8.30. The Morgan fingerprint density at radius 3 is 3.21 bits per heavy atom. The molecule has 0 amide bonds. The molecule has 110 valence electrons. The van der Waals surface area contributed by atoms with Crippen LogP contribution in [0.5, 0.6) is 0 Å². The van der Waals surface area contributed by atoms with Gasteiger partial charge in [-0.3, -0.25) is 0 Å². The minimum absolute atomic E-state index is 0.217. The molecular weight excluding hydrogens is 258 g/mol. The summed E-state index contributed by atoms with van der Waals surface area (Å²) in [7, 11) is 1.74. The fraction of sp³-hybridized carbons (Fsp3) is 0.867. The molecule has 0 aromatic rings. The fourth-order valence-electron chi connectivity index (χ4n) is 2.87. The number of allylic oxidation sites excluding steroid dienone is 1. The molecule has 0 radical (unpaired) electrons. The molecule has 2 atom stereocenters. The Bertz CT molecular complexity index is 277. The Kier molecular flexibility index (Phi) is 6.71. The molecule has 0 bridgehead atoms. The Labute approximate surface area is 121 Å². The third-order valence-corrected chi connectivity index (χ3v) is 5.20. The van der Waals surface area contributed by atoms with E-state index in [-0.39, 0.29) is 5.60 Å². The molecule has 2 fully saturated rings. The number of thioether (sulfide) groups is 1. The average Bonchev–Trinajstić information content (AvgIpc) is 2.86. The zero-order valence-corrected chi connectivity index (χ0v) is 12.8. The van der Waals surface area contributed by atoms with Crippen LogP contribution in [0.2, 0.25) is 0 Å². The number of methoxy groups -OCH3 is 1. The second-order valence-corrected chi connectivity index (χ2v) is 6.65. The third kappa shape index (κ3) is 5.10. The molecule has 2 rings (SSSR count). The third-order valence-electron chi connectivity index (χ3n) is 3.98. The van der Waals surface area contributed by atoms with Gasteiger partial charge in [0.15, 0.2) is 0 Å². The summed E-state index contributed by atoms with van der Waals surface area (Å²) in [5.74, 6) is 3.21. The molecule has 4 heteroatoms. The van der Waals surface area contributed by atoms with Crippen LogP contribution in [0.1, 0.15) is 25.7 Å². The predicted molar refractivity (Wildman–Crippen MR) is 81.9 cm³/mol. The van der Waals surface area contributed by atoms with Crippen LogP contribution in [-0.2, 0) is 9.47 Å². The smallest absolute Gasteiger partial charge is 0.0785 e. The van der Waals surface area contributed by atoms with Crippen molar-refractivity contribution in [3.63, 3.8) is 0 Å². The Morgan fingerprint density at radius 2 is 2.42 bits per heavy atom. The van der Waals surface area contributed by atoms with E-state index in [1.807, 2.05) is 0 Å². The molecule has 0 aromatic heterocycles. The molecule has 0 aromatic carbocycles. The van der Waals surface area contributed by atoms with Crippen molar-refractivity contribution in [1.82, 2.24) is 5.32 Å². The molecule has 1 N–H and O–H groups in total. The van der Waals surface area contributed by atoms with Gasteiger partial charge in [0.2, 0.25) is 0 Å². The molecule has 1 spiro atoms. The lowest BCUT2D eigenvalue weighted by Gasteiger charge is -2.36. The average molecular weight is 285 g/mol.